The fourth-order valence-electron chi connectivity index (χ4n) is 2.91. The van der Waals surface area contributed by atoms with Crippen LogP contribution in [-0.2, 0) is 11.3 Å². The van der Waals surface area contributed by atoms with Gasteiger partial charge in [-0.2, -0.15) is 0 Å². The van der Waals surface area contributed by atoms with Crippen LogP contribution in [0.5, 0.6) is 0 Å². The van der Waals surface area contributed by atoms with Crippen molar-refractivity contribution in [2.75, 3.05) is 33.2 Å². The summed E-state index contributed by atoms with van der Waals surface area (Å²) in [6.45, 7) is 4.55. The third-order valence-electron chi connectivity index (χ3n) is 4.42. The van der Waals surface area contributed by atoms with E-state index in [1.54, 1.807) is 13.3 Å². The van der Waals surface area contributed by atoms with E-state index in [0.717, 1.165) is 63.6 Å². The SMILES string of the molecule is CN=C(NCCCCN1CCC(C(N)=O)CC1)NCc1ccco1. The minimum atomic E-state index is -0.146. The van der Waals surface area contributed by atoms with Crippen molar-refractivity contribution in [3.05, 3.63) is 24.2 Å². The van der Waals surface area contributed by atoms with Crippen LogP contribution in [0.15, 0.2) is 27.8 Å². The molecule has 0 saturated carbocycles. The van der Waals surface area contributed by atoms with Gasteiger partial charge < -0.3 is 25.7 Å². The third kappa shape index (κ3) is 6.23. The van der Waals surface area contributed by atoms with Crippen LogP contribution in [0.1, 0.15) is 31.4 Å². The highest BCUT2D eigenvalue weighted by molar-refractivity contribution is 5.79. The number of primary amides is 1. The molecule has 1 aromatic heterocycles. The van der Waals surface area contributed by atoms with Gasteiger partial charge in [-0.1, -0.05) is 0 Å². The number of carbonyl (C=O) groups is 1. The Kier molecular flexibility index (Phi) is 7.61. The van der Waals surface area contributed by atoms with Gasteiger partial charge in [-0.25, -0.2) is 0 Å². The van der Waals surface area contributed by atoms with Crippen LogP contribution in [0.25, 0.3) is 0 Å². The van der Waals surface area contributed by atoms with E-state index < -0.39 is 0 Å². The van der Waals surface area contributed by atoms with E-state index in [9.17, 15) is 4.79 Å². The zero-order valence-corrected chi connectivity index (χ0v) is 14.5. The summed E-state index contributed by atoms with van der Waals surface area (Å²) < 4.78 is 5.28. The highest BCUT2D eigenvalue weighted by Crippen LogP contribution is 2.16. The number of rotatable bonds is 8. The van der Waals surface area contributed by atoms with Crippen molar-refractivity contribution in [3.8, 4) is 0 Å². The zero-order valence-electron chi connectivity index (χ0n) is 14.5. The van der Waals surface area contributed by atoms with E-state index in [2.05, 4.69) is 20.5 Å². The molecule has 1 aromatic rings. The molecule has 0 atom stereocenters. The number of hydrogen-bond acceptors (Lipinski definition) is 4. The molecule has 1 aliphatic rings. The minimum absolute atomic E-state index is 0.0754. The van der Waals surface area contributed by atoms with Crippen molar-refractivity contribution in [1.82, 2.24) is 15.5 Å². The summed E-state index contributed by atoms with van der Waals surface area (Å²) in [6.07, 6.45) is 5.67. The Labute approximate surface area is 143 Å². The van der Waals surface area contributed by atoms with Gasteiger partial charge in [0.15, 0.2) is 5.96 Å². The normalized spacial score (nSPS) is 17.0. The molecule has 1 amide bonds. The van der Waals surface area contributed by atoms with Crippen LogP contribution < -0.4 is 16.4 Å². The van der Waals surface area contributed by atoms with Gasteiger partial charge in [0.05, 0.1) is 12.8 Å². The molecule has 1 saturated heterocycles. The van der Waals surface area contributed by atoms with E-state index in [1.165, 1.54) is 0 Å². The third-order valence-corrected chi connectivity index (χ3v) is 4.42. The highest BCUT2D eigenvalue weighted by atomic mass is 16.3. The summed E-state index contributed by atoms with van der Waals surface area (Å²) in [5, 5.41) is 6.53. The van der Waals surface area contributed by atoms with Gasteiger partial charge in [0.1, 0.15) is 5.76 Å². The molecule has 7 heteroatoms. The Morgan fingerprint density at radius 2 is 2.17 bits per heavy atom. The molecule has 0 spiro atoms. The Hall–Kier alpha value is -2.02. The van der Waals surface area contributed by atoms with Crippen LogP contribution in [0.3, 0.4) is 0 Å². The Morgan fingerprint density at radius 3 is 2.79 bits per heavy atom. The second-order valence-corrected chi connectivity index (χ2v) is 6.16. The monoisotopic (exact) mass is 335 g/mol. The van der Waals surface area contributed by atoms with Crippen molar-refractivity contribution in [2.45, 2.75) is 32.2 Å². The average Bonchev–Trinajstić information content (AvgIpc) is 3.11. The number of piperidine rings is 1. The number of likely N-dealkylation sites (tertiary alicyclic amines) is 1. The number of guanidine groups is 1. The predicted molar refractivity (Wildman–Crippen MR) is 94.5 cm³/mol. The number of carbonyl (C=O) groups excluding carboxylic acids is 1. The number of nitrogens with zero attached hydrogens (tertiary/aromatic N) is 2. The molecule has 4 N–H and O–H groups in total. The minimum Gasteiger partial charge on any atom is -0.467 e. The van der Waals surface area contributed by atoms with E-state index in [-0.39, 0.29) is 11.8 Å². The van der Waals surface area contributed by atoms with Crippen LogP contribution in [0.4, 0.5) is 0 Å². The molecule has 134 valence electrons. The number of nitrogens with one attached hydrogen (secondary N) is 2. The lowest BCUT2D eigenvalue weighted by molar-refractivity contribution is -0.123. The zero-order chi connectivity index (χ0) is 17.2. The summed E-state index contributed by atoms with van der Waals surface area (Å²) in [4.78, 5) is 17.8. The van der Waals surface area contributed by atoms with Gasteiger partial charge in [-0.15, -0.1) is 0 Å². The quantitative estimate of drug-likeness (QED) is 0.373. The molecule has 24 heavy (non-hydrogen) atoms. The molecule has 0 bridgehead atoms. The lowest BCUT2D eigenvalue weighted by Crippen LogP contribution is -2.39. The summed E-state index contributed by atoms with van der Waals surface area (Å²) >= 11 is 0. The first kappa shape index (κ1) is 18.3. The van der Waals surface area contributed by atoms with Crippen molar-refractivity contribution >= 4 is 11.9 Å². The van der Waals surface area contributed by atoms with Gasteiger partial charge in [0.2, 0.25) is 5.91 Å². The fraction of sp³-hybridized carbons (Fsp3) is 0.647. The molecule has 0 unspecified atom stereocenters. The standard InChI is InChI=1S/C17H29N5O2/c1-19-17(21-13-15-5-4-12-24-15)20-8-2-3-9-22-10-6-14(7-11-22)16(18)23/h4-5,12,14H,2-3,6-11,13H2,1H3,(H2,18,23)(H2,19,20,21). The lowest BCUT2D eigenvalue weighted by Gasteiger charge is -2.30. The molecular formula is C17H29N5O2. The maximum absolute atomic E-state index is 11.2. The van der Waals surface area contributed by atoms with Gasteiger partial charge in [-0.3, -0.25) is 9.79 Å². The van der Waals surface area contributed by atoms with E-state index in [1.807, 2.05) is 12.1 Å². The van der Waals surface area contributed by atoms with Crippen molar-refractivity contribution < 1.29 is 9.21 Å². The molecule has 7 nitrogen and oxygen atoms in total. The predicted octanol–water partition coefficient (Wildman–Crippen LogP) is 0.922. The summed E-state index contributed by atoms with van der Waals surface area (Å²) in [5.74, 6) is 1.60. The summed E-state index contributed by atoms with van der Waals surface area (Å²) in [5.41, 5.74) is 5.36. The van der Waals surface area contributed by atoms with Crippen molar-refractivity contribution in [2.24, 2.45) is 16.6 Å². The Morgan fingerprint density at radius 1 is 1.38 bits per heavy atom. The van der Waals surface area contributed by atoms with E-state index >= 15 is 0 Å². The topological polar surface area (TPSA) is 95.9 Å². The molecule has 2 rings (SSSR count). The number of nitrogens with two attached hydrogens (primary N) is 1. The molecule has 0 aromatic carbocycles. The maximum Gasteiger partial charge on any atom is 0.220 e. The van der Waals surface area contributed by atoms with Crippen molar-refractivity contribution in [3.63, 3.8) is 0 Å². The number of aliphatic imine (C=N–C) groups is 1. The summed E-state index contributed by atoms with van der Waals surface area (Å²) in [6, 6.07) is 3.81. The molecular weight excluding hydrogens is 306 g/mol. The van der Waals surface area contributed by atoms with Crippen LogP contribution in [-0.4, -0.2) is 50.0 Å². The first-order valence-electron chi connectivity index (χ1n) is 8.67. The van der Waals surface area contributed by atoms with Crippen LogP contribution in [0.2, 0.25) is 0 Å². The molecule has 2 heterocycles. The van der Waals surface area contributed by atoms with Gasteiger partial charge in [0.25, 0.3) is 0 Å². The second-order valence-electron chi connectivity index (χ2n) is 6.16. The highest BCUT2D eigenvalue weighted by Gasteiger charge is 2.22. The maximum atomic E-state index is 11.2. The number of amides is 1. The van der Waals surface area contributed by atoms with Gasteiger partial charge in [-0.05, 0) is 57.5 Å². The largest absolute Gasteiger partial charge is 0.467 e. The lowest BCUT2D eigenvalue weighted by atomic mass is 9.96. The molecule has 0 radical (unpaired) electrons. The first-order valence-corrected chi connectivity index (χ1v) is 8.67. The van der Waals surface area contributed by atoms with Crippen molar-refractivity contribution in [1.29, 1.82) is 0 Å². The first-order chi connectivity index (χ1) is 11.7. The van der Waals surface area contributed by atoms with Gasteiger partial charge in [0, 0.05) is 19.5 Å². The molecule has 1 fully saturated rings. The number of hydrogen-bond donors (Lipinski definition) is 3. The number of unbranched alkanes of at least 4 members (excludes halogenated alkanes) is 1. The molecule has 1 aliphatic heterocycles. The fourth-order valence-corrected chi connectivity index (χ4v) is 2.91. The van der Waals surface area contributed by atoms with E-state index in [4.69, 9.17) is 10.2 Å². The Bertz CT molecular complexity index is 507. The van der Waals surface area contributed by atoms with Crippen LogP contribution >= 0.6 is 0 Å². The average molecular weight is 335 g/mol. The van der Waals surface area contributed by atoms with Gasteiger partial charge >= 0.3 is 0 Å². The summed E-state index contributed by atoms with van der Waals surface area (Å²) in [7, 11) is 1.76. The van der Waals surface area contributed by atoms with E-state index in [0.29, 0.717) is 6.54 Å². The second kappa shape index (κ2) is 9.97. The number of furan rings is 1. The van der Waals surface area contributed by atoms with Crippen LogP contribution in [0, 0.1) is 5.92 Å². The Balaban J connectivity index is 1.52. The smallest absolute Gasteiger partial charge is 0.220 e. The molecule has 0 aliphatic carbocycles.